The molecule has 1 aliphatic heterocycles. The molecule has 8 heteroatoms. The third-order valence-electron chi connectivity index (χ3n) is 5.75. The Morgan fingerprint density at radius 3 is 2.56 bits per heavy atom. The quantitative estimate of drug-likeness (QED) is 0.244. The summed E-state index contributed by atoms with van der Waals surface area (Å²) >= 11 is 1.09. The highest BCUT2D eigenvalue weighted by Crippen LogP contribution is 2.46. The molecule has 1 aliphatic rings. The van der Waals surface area contributed by atoms with Crippen molar-refractivity contribution in [2.24, 2.45) is 0 Å². The minimum Gasteiger partial charge on any atom is -0.507 e. The van der Waals surface area contributed by atoms with Crippen LogP contribution in [0.2, 0.25) is 0 Å². The Hall–Kier alpha value is -4.04. The molecule has 170 valence electrons. The van der Waals surface area contributed by atoms with Crippen LogP contribution in [0.4, 0.5) is 9.52 Å². The Balaban J connectivity index is 1.76. The van der Waals surface area contributed by atoms with Crippen LogP contribution < -0.4 is 9.64 Å². The van der Waals surface area contributed by atoms with Gasteiger partial charge in [-0.25, -0.2) is 9.37 Å². The Labute approximate surface area is 198 Å². The van der Waals surface area contributed by atoms with Crippen LogP contribution in [0.3, 0.4) is 0 Å². The number of benzene rings is 3. The van der Waals surface area contributed by atoms with Gasteiger partial charge in [0.1, 0.15) is 23.4 Å². The number of carbonyl (C=O) groups is 2. The molecule has 1 N–H and O–H groups in total. The predicted octanol–water partition coefficient (Wildman–Crippen LogP) is 5.38. The summed E-state index contributed by atoms with van der Waals surface area (Å²) in [7, 11) is 1.49. The normalized spacial score (nSPS) is 17.5. The van der Waals surface area contributed by atoms with Crippen molar-refractivity contribution >= 4 is 44.1 Å². The number of carbonyl (C=O) groups excluding carboxylic acids is 2. The van der Waals surface area contributed by atoms with Crippen molar-refractivity contribution in [3.05, 3.63) is 94.8 Å². The maximum absolute atomic E-state index is 13.8. The van der Waals surface area contributed by atoms with E-state index in [0.29, 0.717) is 27.1 Å². The molecule has 0 spiro atoms. The topological polar surface area (TPSA) is 79.7 Å². The summed E-state index contributed by atoms with van der Waals surface area (Å²) in [4.78, 5) is 32.3. The molecule has 0 bridgehead atoms. The molecule has 2 heterocycles. The molecule has 5 rings (SSSR count). The van der Waals surface area contributed by atoms with Gasteiger partial charge in [-0.3, -0.25) is 14.5 Å². The van der Waals surface area contributed by atoms with Crippen LogP contribution >= 0.6 is 11.3 Å². The number of aliphatic hydroxyl groups is 1. The number of rotatable bonds is 4. The number of halogens is 1. The highest BCUT2D eigenvalue weighted by atomic mass is 32.1. The first-order valence-corrected chi connectivity index (χ1v) is 11.3. The van der Waals surface area contributed by atoms with E-state index in [-0.39, 0.29) is 16.5 Å². The molecule has 1 atom stereocenters. The molecule has 1 amide bonds. The number of hydrogen-bond acceptors (Lipinski definition) is 6. The van der Waals surface area contributed by atoms with Crippen LogP contribution in [-0.2, 0) is 9.59 Å². The number of aliphatic hydroxyl groups excluding tert-OH is 1. The second-order valence-corrected chi connectivity index (χ2v) is 8.89. The van der Waals surface area contributed by atoms with Crippen molar-refractivity contribution in [1.29, 1.82) is 0 Å². The molecule has 34 heavy (non-hydrogen) atoms. The van der Waals surface area contributed by atoms with Gasteiger partial charge < -0.3 is 9.84 Å². The number of hydrogen-bond donors (Lipinski definition) is 1. The van der Waals surface area contributed by atoms with E-state index in [1.807, 2.05) is 19.1 Å². The first-order chi connectivity index (χ1) is 16.4. The van der Waals surface area contributed by atoms with Crippen LogP contribution in [0.25, 0.3) is 16.0 Å². The Bertz CT molecular complexity index is 1480. The van der Waals surface area contributed by atoms with Crippen molar-refractivity contribution in [1.82, 2.24) is 4.98 Å². The monoisotopic (exact) mass is 474 g/mol. The summed E-state index contributed by atoms with van der Waals surface area (Å²) < 4.78 is 19.8. The van der Waals surface area contributed by atoms with E-state index >= 15 is 0 Å². The van der Waals surface area contributed by atoms with Crippen LogP contribution in [0.1, 0.15) is 22.7 Å². The van der Waals surface area contributed by atoms with Gasteiger partial charge in [0, 0.05) is 11.1 Å². The molecule has 1 saturated heterocycles. The first kappa shape index (κ1) is 21.8. The highest BCUT2D eigenvalue weighted by Gasteiger charge is 2.49. The molecule has 0 unspecified atom stereocenters. The minimum atomic E-state index is -0.983. The molecule has 0 aliphatic carbocycles. The fourth-order valence-corrected chi connectivity index (χ4v) is 5.09. The lowest BCUT2D eigenvalue weighted by Gasteiger charge is -2.24. The van der Waals surface area contributed by atoms with E-state index in [0.717, 1.165) is 16.9 Å². The number of methoxy groups -OCH3 is 1. The van der Waals surface area contributed by atoms with Gasteiger partial charge in [0.05, 0.1) is 22.9 Å². The summed E-state index contributed by atoms with van der Waals surface area (Å²) in [6.07, 6.45) is 0. The van der Waals surface area contributed by atoms with E-state index in [2.05, 4.69) is 4.98 Å². The molecule has 1 fully saturated rings. The number of thiazole rings is 1. The number of fused-ring (bicyclic) bond motifs is 1. The molecular weight excluding hydrogens is 455 g/mol. The fourth-order valence-electron chi connectivity index (χ4n) is 4.07. The number of ketones is 1. The molecule has 6 nitrogen and oxygen atoms in total. The lowest BCUT2D eigenvalue weighted by molar-refractivity contribution is -0.132. The molecule has 4 aromatic rings. The van der Waals surface area contributed by atoms with Crippen LogP contribution in [0.15, 0.2) is 72.3 Å². The fraction of sp³-hybridized carbons (Fsp3) is 0.115. The second kappa shape index (κ2) is 8.39. The summed E-state index contributed by atoms with van der Waals surface area (Å²) in [5.41, 5.74) is 2.35. The van der Waals surface area contributed by atoms with Gasteiger partial charge in [-0.2, -0.15) is 0 Å². The van der Waals surface area contributed by atoms with Crippen molar-refractivity contribution in [2.75, 3.05) is 12.0 Å². The van der Waals surface area contributed by atoms with E-state index in [1.165, 1.54) is 30.2 Å². The van der Waals surface area contributed by atoms with Crippen molar-refractivity contribution in [2.45, 2.75) is 13.0 Å². The highest BCUT2D eigenvalue weighted by molar-refractivity contribution is 7.22. The van der Waals surface area contributed by atoms with Crippen LogP contribution in [0, 0.1) is 12.7 Å². The van der Waals surface area contributed by atoms with Gasteiger partial charge in [0.15, 0.2) is 5.13 Å². The molecule has 3 aromatic carbocycles. The standard InChI is InChI=1S/C26H19FN2O4S/c1-14-7-9-15(10-8-14)23(30)21-22(17-5-3-4-6-19(17)33-2)29(25(32)24(21)31)26-28-18-12-11-16(27)13-20(18)34-26/h3-13,22,30H,1-2H3/b23-21+/t22-/m0/s1. The van der Waals surface area contributed by atoms with E-state index < -0.39 is 23.5 Å². The first-order valence-electron chi connectivity index (χ1n) is 10.5. The number of aromatic nitrogens is 1. The molecular formula is C26H19FN2O4S. The summed E-state index contributed by atoms with van der Waals surface area (Å²) in [5, 5.41) is 11.4. The summed E-state index contributed by atoms with van der Waals surface area (Å²) in [6.45, 7) is 1.91. The lowest BCUT2D eigenvalue weighted by Crippen LogP contribution is -2.29. The number of anilines is 1. The average Bonchev–Trinajstić information content (AvgIpc) is 3.36. The number of para-hydroxylation sites is 1. The minimum absolute atomic E-state index is 0.0659. The zero-order valence-corrected chi connectivity index (χ0v) is 19.1. The van der Waals surface area contributed by atoms with E-state index in [9.17, 15) is 19.1 Å². The molecule has 1 aromatic heterocycles. The van der Waals surface area contributed by atoms with Crippen LogP contribution in [0.5, 0.6) is 5.75 Å². The number of ether oxygens (including phenoxy) is 1. The van der Waals surface area contributed by atoms with Gasteiger partial charge in [-0.15, -0.1) is 0 Å². The molecule has 0 saturated carbocycles. The van der Waals surface area contributed by atoms with Gasteiger partial charge in [0.25, 0.3) is 5.78 Å². The predicted molar refractivity (Wildman–Crippen MR) is 129 cm³/mol. The Morgan fingerprint density at radius 2 is 1.82 bits per heavy atom. The van der Waals surface area contributed by atoms with E-state index in [1.54, 1.807) is 36.4 Å². The third-order valence-corrected chi connectivity index (χ3v) is 6.77. The largest absolute Gasteiger partial charge is 0.507 e. The lowest BCUT2D eigenvalue weighted by atomic mass is 9.94. The summed E-state index contributed by atoms with van der Waals surface area (Å²) in [5.74, 6) is -1.93. The van der Waals surface area contributed by atoms with Crippen molar-refractivity contribution in [3.8, 4) is 5.75 Å². The SMILES string of the molecule is COc1ccccc1[C@H]1/C(=C(\O)c2ccc(C)cc2)C(=O)C(=O)N1c1nc2ccc(F)cc2s1. The van der Waals surface area contributed by atoms with Gasteiger partial charge in [0.2, 0.25) is 0 Å². The third kappa shape index (κ3) is 3.52. The average molecular weight is 475 g/mol. The number of Topliss-reactive ketones (excluding diaryl/α,β-unsaturated/α-hetero) is 1. The van der Waals surface area contributed by atoms with Gasteiger partial charge in [-0.05, 0) is 31.2 Å². The number of aryl methyl sites for hydroxylation is 1. The van der Waals surface area contributed by atoms with Gasteiger partial charge in [-0.1, -0.05) is 59.4 Å². The number of amides is 1. The number of nitrogens with zero attached hydrogens (tertiary/aromatic N) is 2. The van der Waals surface area contributed by atoms with Crippen LogP contribution in [-0.4, -0.2) is 28.9 Å². The molecule has 0 radical (unpaired) electrons. The van der Waals surface area contributed by atoms with E-state index in [4.69, 9.17) is 4.74 Å². The maximum atomic E-state index is 13.8. The Kier molecular flexibility index (Phi) is 5.37. The van der Waals surface area contributed by atoms with Crippen molar-refractivity contribution < 1.29 is 23.8 Å². The zero-order valence-electron chi connectivity index (χ0n) is 18.3. The Morgan fingerprint density at radius 1 is 1.09 bits per heavy atom. The second-order valence-electron chi connectivity index (χ2n) is 7.89. The van der Waals surface area contributed by atoms with Crippen molar-refractivity contribution in [3.63, 3.8) is 0 Å². The summed E-state index contributed by atoms with van der Waals surface area (Å²) in [6, 6.07) is 17.1. The smallest absolute Gasteiger partial charge is 0.301 e. The maximum Gasteiger partial charge on any atom is 0.301 e. The zero-order chi connectivity index (χ0) is 24.0. The van der Waals surface area contributed by atoms with Gasteiger partial charge >= 0.3 is 5.91 Å².